The van der Waals surface area contributed by atoms with Crippen molar-refractivity contribution in [2.45, 2.75) is 82.9 Å². The van der Waals surface area contributed by atoms with E-state index in [0.717, 1.165) is 25.7 Å². The van der Waals surface area contributed by atoms with Crippen LogP contribution in [0.25, 0.3) is 0 Å². The predicted octanol–water partition coefficient (Wildman–Crippen LogP) is 2.72. The Balaban J connectivity index is 2.10. The summed E-state index contributed by atoms with van der Waals surface area (Å²) in [7, 11) is -3.74. The number of ketones is 1. The Kier molecular flexibility index (Phi) is 5.25. The zero-order valence-corrected chi connectivity index (χ0v) is 16.0. The molecule has 0 bridgehead atoms. The van der Waals surface area contributed by atoms with Crippen molar-refractivity contribution < 1.29 is 17.7 Å². The Labute approximate surface area is 144 Å². The second-order valence-electron chi connectivity index (χ2n) is 8.15. The minimum absolute atomic E-state index is 0.0541. The van der Waals surface area contributed by atoms with Gasteiger partial charge < -0.3 is 4.52 Å². The fraction of sp³-hybridized carbons (Fsp3) is 0.765. The number of hydrogen-bond acceptors (Lipinski definition) is 5. The standard InChI is InChI=1S/C17H28N2O4S/c1-16(2,3)15-11-13(18-23-15)10-14(20)17(4,5)24(21,22)19-12-8-6-7-9-12/h11-12,19H,6-10H2,1-5H3. The van der Waals surface area contributed by atoms with Crippen molar-refractivity contribution in [1.82, 2.24) is 9.88 Å². The lowest BCUT2D eigenvalue weighted by Gasteiger charge is -2.25. The maximum Gasteiger partial charge on any atom is 0.224 e. The molecule has 136 valence electrons. The lowest BCUT2D eigenvalue weighted by molar-refractivity contribution is -0.120. The van der Waals surface area contributed by atoms with Crippen LogP contribution in [0.1, 0.15) is 71.8 Å². The highest BCUT2D eigenvalue weighted by Gasteiger charge is 2.42. The van der Waals surface area contributed by atoms with E-state index in [1.165, 1.54) is 13.8 Å². The van der Waals surface area contributed by atoms with Crippen LogP contribution in [0, 0.1) is 0 Å². The molecule has 0 aromatic carbocycles. The number of nitrogens with one attached hydrogen (secondary N) is 1. The minimum Gasteiger partial charge on any atom is -0.361 e. The number of hydrogen-bond donors (Lipinski definition) is 1. The summed E-state index contributed by atoms with van der Waals surface area (Å²) in [6, 6.07) is 1.67. The average Bonchev–Trinajstić information content (AvgIpc) is 3.08. The van der Waals surface area contributed by atoms with Crippen LogP contribution in [0.4, 0.5) is 0 Å². The van der Waals surface area contributed by atoms with Gasteiger partial charge in [-0.3, -0.25) is 4.79 Å². The molecular formula is C17H28N2O4S. The molecule has 1 aromatic rings. The third-order valence-corrected chi connectivity index (χ3v) is 6.88. The van der Waals surface area contributed by atoms with E-state index < -0.39 is 14.8 Å². The average molecular weight is 356 g/mol. The molecule has 1 heterocycles. The third-order valence-electron chi connectivity index (χ3n) is 4.66. The summed E-state index contributed by atoms with van der Waals surface area (Å²) < 4.78 is 31.7. The molecule has 1 aliphatic rings. The Morgan fingerprint density at radius 3 is 2.33 bits per heavy atom. The fourth-order valence-electron chi connectivity index (χ4n) is 2.69. The molecule has 0 aliphatic heterocycles. The number of Topliss-reactive ketones (excluding diaryl/α,β-unsaturated/α-hetero) is 1. The molecule has 6 nitrogen and oxygen atoms in total. The van der Waals surface area contributed by atoms with Crippen molar-refractivity contribution in [2.75, 3.05) is 0 Å². The van der Waals surface area contributed by atoms with Crippen LogP contribution < -0.4 is 4.72 Å². The molecule has 0 atom stereocenters. The van der Waals surface area contributed by atoms with Gasteiger partial charge in [0.1, 0.15) is 10.5 Å². The van der Waals surface area contributed by atoms with Crippen LogP contribution in [0.2, 0.25) is 0 Å². The summed E-state index contributed by atoms with van der Waals surface area (Å²) in [5, 5.41) is 3.91. The van der Waals surface area contributed by atoms with Crippen LogP contribution in [-0.4, -0.2) is 30.1 Å². The van der Waals surface area contributed by atoms with Gasteiger partial charge in [0.25, 0.3) is 0 Å². The number of carbonyl (C=O) groups is 1. The monoisotopic (exact) mass is 356 g/mol. The highest BCUT2D eigenvalue weighted by molar-refractivity contribution is 7.91. The van der Waals surface area contributed by atoms with Gasteiger partial charge in [-0.1, -0.05) is 38.8 Å². The number of sulfonamides is 1. The topological polar surface area (TPSA) is 89.3 Å². The molecule has 1 aromatic heterocycles. The number of rotatable bonds is 6. The van der Waals surface area contributed by atoms with Crippen molar-refractivity contribution in [3.8, 4) is 0 Å². The number of nitrogens with zero attached hydrogens (tertiary/aromatic N) is 1. The van der Waals surface area contributed by atoms with Gasteiger partial charge in [-0.15, -0.1) is 0 Å². The van der Waals surface area contributed by atoms with Gasteiger partial charge in [-0.2, -0.15) is 0 Å². The number of carbonyl (C=O) groups excluding carboxylic acids is 1. The molecule has 0 amide bonds. The van der Waals surface area contributed by atoms with Gasteiger partial charge in [0.15, 0.2) is 5.78 Å². The number of aromatic nitrogens is 1. The molecule has 24 heavy (non-hydrogen) atoms. The van der Waals surface area contributed by atoms with Crippen LogP contribution in [0.15, 0.2) is 10.6 Å². The van der Waals surface area contributed by atoms with E-state index in [4.69, 9.17) is 4.52 Å². The quantitative estimate of drug-likeness (QED) is 0.846. The van der Waals surface area contributed by atoms with Crippen molar-refractivity contribution in [1.29, 1.82) is 0 Å². The van der Waals surface area contributed by atoms with Gasteiger partial charge in [0.05, 0.1) is 12.1 Å². The first-order valence-corrected chi connectivity index (χ1v) is 9.93. The summed E-state index contributed by atoms with van der Waals surface area (Å²) in [4.78, 5) is 12.6. The van der Waals surface area contributed by atoms with E-state index in [1.807, 2.05) is 20.8 Å². The van der Waals surface area contributed by atoms with Gasteiger partial charge in [-0.25, -0.2) is 13.1 Å². The molecule has 1 aliphatic carbocycles. The minimum atomic E-state index is -3.74. The van der Waals surface area contributed by atoms with Crippen LogP contribution in [-0.2, 0) is 26.7 Å². The molecule has 7 heteroatoms. The van der Waals surface area contributed by atoms with Gasteiger partial charge >= 0.3 is 0 Å². The Hall–Kier alpha value is -1.21. The zero-order chi connectivity index (χ0) is 18.2. The first kappa shape index (κ1) is 19.1. The van der Waals surface area contributed by atoms with E-state index >= 15 is 0 Å². The fourth-order valence-corrected chi connectivity index (χ4v) is 4.03. The Morgan fingerprint density at radius 2 is 1.83 bits per heavy atom. The van der Waals surface area contributed by atoms with Crippen molar-refractivity contribution in [3.63, 3.8) is 0 Å². The van der Waals surface area contributed by atoms with Crippen molar-refractivity contribution in [2.24, 2.45) is 0 Å². The van der Waals surface area contributed by atoms with E-state index in [0.29, 0.717) is 11.5 Å². The van der Waals surface area contributed by atoms with Gasteiger partial charge in [-0.05, 0) is 26.7 Å². The Morgan fingerprint density at radius 1 is 1.25 bits per heavy atom. The van der Waals surface area contributed by atoms with E-state index in [9.17, 15) is 13.2 Å². The molecule has 0 saturated heterocycles. The third kappa shape index (κ3) is 4.06. The van der Waals surface area contributed by atoms with Crippen molar-refractivity contribution in [3.05, 3.63) is 17.5 Å². The van der Waals surface area contributed by atoms with Crippen molar-refractivity contribution >= 4 is 15.8 Å². The Bertz CT molecular complexity index is 692. The summed E-state index contributed by atoms with van der Waals surface area (Å²) in [6.07, 6.45) is 3.66. The molecule has 1 fully saturated rings. The molecular weight excluding hydrogens is 328 g/mol. The maximum absolute atomic E-state index is 12.6. The first-order chi connectivity index (χ1) is 10.9. The molecule has 1 saturated carbocycles. The summed E-state index contributed by atoms with van der Waals surface area (Å²) >= 11 is 0. The van der Waals surface area contributed by atoms with Crippen LogP contribution >= 0.6 is 0 Å². The van der Waals surface area contributed by atoms with E-state index in [1.54, 1.807) is 6.07 Å². The van der Waals surface area contributed by atoms with Crippen LogP contribution in [0.5, 0.6) is 0 Å². The second kappa shape index (κ2) is 6.59. The predicted molar refractivity (Wildman–Crippen MR) is 92.3 cm³/mol. The molecule has 1 N–H and O–H groups in total. The van der Waals surface area contributed by atoms with Crippen LogP contribution in [0.3, 0.4) is 0 Å². The van der Waals surface area contributed by atoms with Gasteiger partial charge in [0, 0.05) is 17.5 Å². The summed E-state index contributed by atoms with van der Waals surface area (Å²) in [6.45, 7) is 8.87. The SMILES string of the molecule is CC(C)(C)c1cc(CC(=O)C(C)(C)S(=O)(=O)NC2CCCC2)no1. The highest BCUT2D eigenvalue weighted by atomic mass is 32.2. The molecule has 2 rings (SSSR count). The molecule has 0 unspecified atom stereocenters. The highest BCUT2D eigenvalue weighted by Crippen LogP contribution is 2.26. The summed E-state index contributed by atoms with van der Waals surface area (Å²) in [5.41, 5.74) is 0.258. The maximum atomic E-state index is 12.6. The molecule has 0 spiro atoms. The lowest BCUT2D eigenvalue weighted by atomic mass is 9.92. The normalized spacial score (nSPS) is 17.4. The molecule has 0 radical (unpaired) electrons. The largest absolute Gasteiger partial charge is 0.361 e. The summed E-state index contributed by atoms with van der Waals surface area (Å²) in [5.74, 6) is 0.289. The first-order valence-electron chi connectivity index (χ1n) is 8.45. The zero-order valence-electron chi connectivity index (χ0n) is 15.2. The second-order valence-corrected chi connectivity index (χ2v) is 10.4. The lowest BCUT2D eigenvalue weighted by Crippen LogP contribution is -2.50. The smallest absolute Gasteiger partial charge is 0.224 e. The van der Waals surface area contributed by atoms with Gasteiger partial charge in [0.2, 0.25) is 10.0 Å². The van der Waals surface area contributed by atoms with E-state index in [2.05, 4.69) is 9.88 Å². The van der Waals surface area contributed by atoms with E-state index in [-0.39, 0.29) is 23.7 Å².